The zero-order valence-corrected chi connectivity index (χ0v) is 26.7. The average molecular weight is 623 g/mol. The summed E-state index contributed by atoms with van der Waals surface area (Å²) in [5.74, 6) is 0. The quantitative estimate of drug-likeness (QED) is 0.178. The second-order valence-corrected chi connectivity index (χ2v) is 12.7. The van der Waals surface area contributed by atoms with Gasteiger partial charge < -0.3 is 4.42 Å². The molecule has 0 saturated heterocycles. The van der Waals surface area contributed by atoms with Crippen molar-refractivity contribution >= 4 is 54.3 Å². The van der Waals surface area contributed by atoms with Crippen LogP contribution in [-0.2, 0) is 0 Å². The second kappa shape index (κ2) is 11.1. The maximum Gasteiger partial charge on any atom is 0.143 e. The summed E-state index contributed by atoms with van der Waals surface area (Å²) in [6, 6.07) is 65.7. The highest BCUT2D eigenvalue weighted by molar-refractivity contribution is 6.28. The molecule has 0 spiro atoms. The van der Waals surface area contributed by atoms with Crippen molar-refractivity contribution in [1.29, 1.82) is 0 Å². The van der Waals surface area contributed by atoms with Gasteiger partial charge in [0.1, 0.15) is 11.2 Å². The molecule has 0 N–H and O–H groups in total. The summed E-state index contributed by atoms with van der Waals surface area (Å²) in [6.07, 6.45) is 0. The zero-order chi connectivity index (χ0) is 32.3. The van der Waals surface area contributed by atoms with Crippen LogP contribution in [0.4, 0.5) is 0 Å². The fourth-order valence-corrected chi connectivity index (χ4v) is 8.00. The summed E-state index contributed by atoms with van der Waals surface area (Å²) in [5, 5.41) is 9.66. The molecule has 0 fully saturated rings. The van der Waals surface area contributed by atoms with Gasteiger partial charge in [-0.1, -0.05) is 176 Å². The van der Waals surface area contributed by atoms with Crippen LogP contribution in [-0.4, -0.2) is 0 Å². The average Bonchev–Trinajstić information content (AvgIpc) is 3.56. The van der Waals surface area contributed by atoms with Gasteiger partial charge in [0.25, 0.3) is 0 Å². The number of benzene rings is 9. The Kier molecular flexibility index (Phi) is 6.25. The second-order valence-electron chi connectivity index (χ2n) is 12.7. The molecule has 1 aromatic heterocycles. The lowest BCUT2D eigenvalue weighted by Gasteiger charge is -2.22. The van der Waals surface area contributed by atoms with Gasteiger partial charge in [0, 0.05) is 16.3 Å². The molecule has 1 nitrogen and oxygen atoms in total. The first-order chi connectivity index (χ1) is 24.3. The van der Waals surface area contributed by atoms with Gasteiger partial charge >= 0.3 is 0 Å². The molecule has 1 heterocycles. The van der Waals surface area contributed by atoms with Gasteiger partial charge in [0.2, 0.25) is 0 Å². The highest BCUT2D eigenvalue weighted by Crippen LogP contribution is 2.50. The van der Waals surface area contributed by atoms with Crippen LogP contribution in [0.3, 0.4) is 0 Å². The number of fused-ring (bicyclic) bond motifs is 6. The minimum absolute atomic E-state index is 0.904. The van der Waals surface area contributed by atoms with E-state index in [1.165, 1.54) is 65.7 Å². The van der Waals surface area contributed by atoms with Crippen molar-refractivity contribution in [3.8, 4) is 44.5 Å². The number of furan rings is 1. The normalized spacial score (nSPS) is 11.7. The smallest absolute Gasteiger partial charge is 0.143 e. The molecule has 0 aliphatic carbocycles. The molecule has 0 saturated carbocycles. The highest BCUT2D eigenvalue weighted by Gasteiger charge is 2.23. The molecule has 0 aliphatic heterocycles. The first kappa shape index (κ1) is 27.7. The summed E-state index contributed by atoms with van der Waals surface area (Å²) in [7, 11) is 0. The molecule has 0 atom stereocenters. The van der Waals surface area contributed by atoms with Crippen LogP contribution in [0, 0.1) is 0 Å². The van der Waals surface area contributed by atoms with E-state index in [0.717, 1.165) is 33.1 Å². The van der Waals surface area contributed by atoms with E-state index < -0.39 is 0 Å². The first-order valence-corrected chi connectivity index (χ1v) is 16.9. The van der Waals surface area contributed by atoms with Gasteiger partial charge in [-0.2, -0.15) is 0 Å². The van der Waals surface area contributed by atoms with Crippen LogP contribution in [0.15, 0.2) is 186 Å². The van der Waals surface area contributed by atoms with Crippen molar-refractivity contribution in [3.63, 3.8) is 0 Å². The molecule has 0 radical (unpaired) electrons. The molecule has 1 heteroatoms. The lowest BCUT2D eigenvalue weighted by atomic mass is 9.80. The molecule has 0 unspecified atom stereocenters. The molecule has 10 rings (SSSR count). The number of hydrogen-bond acceptors (Lipinski definition) is 1. The fraction of sp³-hybridized carbons (Fsp3) is 0. The predicted octanol–water partition coefficient (Wildman–Crippen LogP) is 13.7. The predicted molar refractivity (Wildman–Crippen MR) is 208 cm³/mol. The Balaban J connectivity index is 1.43. The molecule has 0 amide bonds. The van der Waals surface area contributed by atoms with Crippen LogP contribution in [0.25, 0.3) is 98.8 Å². The largest absolute Gasteiger partial charge is 0.455 e. The van der Waals surface area contributed by atoms with Gasteiger partial charge in [-0.25, -0.2) is 0 Å². The Hall–Kier alpha value is -6.44. The SMILES string of the molecule is c1ccc(-c2ccccc2-c2c3ccccc3c(-c3cccc4ccccc34)c3cccc(-c4cccc5c4oc4ccccc45)c23)cc1. The Morgan fingerprint density at radius 2 is 0.816 bits per heavy atom. The summed E-state index contributed by atoms with van der Waals surface area (Å²) >= 11 is 0. The summed E-state index contributed by atoms with van der Waals surface area (Å²) in [6.45, 7) is 0. The van der Waals surface area contributed by atoms with Crippen molar-refractivity contribution < 1.29 is 4.42 Å². The Labute approximate surface area is 284 Å². The van der Waals surface area contributed by atoms with Crippen molar-refractivity contribution in [2.75, 3.05) is 0 Å². The molecule has 9 aromatic carbocycles. The van der Waals surface area contributed by atoms with E-state index in [0.29, 0.717) is 0 Å². The topological polar surface area (TPSA) is 13.1 Å². The fourth-order valence-electron chi connectivity index (χ4n) is 8.00. The third-order valence-corrected chi connectivity index (χ3v) is 10.1. The van der Waals surface area contributed by atoms with E-state index in [4.69, 9.17) is 4.42 Å². The maximum atomic E-state index is 6.69. The molecular weight excluding hydrogens is 593 g/mol. The Morgan fingerprint density at radius 1 is 0.286 bits per heavy atom. The highest BCUT2D eigenvalue weighted by atomic mass is 16.3. The van der Waals surface area contributed by atoms with Crippen LogP contribution in [0.5, 0.6) is 0 Å². The van der Waals surface area contributed by atoms with E-state index in [2.05, 4.69) is 176 Å². The van der Waals surface area contributed by atoms with E-state index in [1.54, 1.807) is 0 Å². The van der Waals surface area contributed by atoms with Crippen LogP contribution < -0.4 is 0 Å². The number of hydrogen-bond donors (Lipinski definition) is 0. The van der Waals surface area contributed by atoms with E-state index in [1.807, 2.05) is 6.07 Å². The van der Waals surface area contributed by atoms with E-state index >= 15 is 0 Å². The van der Waals surface area contributed by atoms with Crippen molar-refractivity contribution in [2.24, 2.45) is 0 Å². The summed E-state index contributed by atoms with van der Waals surface area (Å²) < 4.78 is 6.69. The third-order valence-electron chi connectivity index (χ3n) is 10.1. The number of rotatable bonds is 4. The minimum atomic E-state index is 0.904. The Morgan fingerprint density at radius 3 is 1.65 bits per heavy atom. The standard InChI is InChI=1S/C48H30O/c1-2-15-31(16-3-1)34-20-6-7-22-37(34)46-39-24-9-8-23-38(39)45(36-25-12-18-32-17-4-5-19-33(32)36)43-29-13-26-40(47(43)46)42-28-14-27-41-35-21-10-11-30-44(35)49-48(41)42/h1-30H. The van der Waals surface area contributed by atoms with Crippen molar-refractivity contribution in [2.45, 2.75) is 0 Å². The van der Waals surface area contributed by atoms with Gasteiger partial charge in [-0.3, -0.25) is 0 Å². The van der Waals surface area contributed by atoms with Gasteiger partial charge in [-0.05, 0) is 77.3 Å². The Bertz CT molecular complexity index is 2870. The van der Waals surface area contributed by atoms with Gasteiger partial charge in [0.15, 0.2) is 0 Å². The van der Waals surface area contributed by atoms with Crippen LogP contribution >= 0.6 is 0 Å². The van der Waals surface area contributed by atoms with Crippen LogP contribution in [0.2, 0.25) is 0 Å². The number of para-hydroxylation sites is 2. The zero-order valence-electron chi connectivity index (χ0n) is 26.7. The molecule has 0 bridgehead atoms. The van der Waals surface area contributed by atoms with Crippen LogP contribution in [0.1, 0.15) is 0 Å². The monoisotopic (exact) mass is 622 g/mol. The summed E-state index contributed by atoms with van der Waals surface area (Å²) in [4.78, 5) is 0. The first-order valence-electron chi connectivity index (χ1n) is 16.9. The maximum absolute atomic E-state index is 6.69. The van der Waals surface area contributed by atoms with E-state index in [9.17, 15) is 0 Å². The molecule has 49 heavy (non-hydrogen) atoms. The minimum Gasteiger partial charge on any atom is -0.455 e. The van der Waals surface area contributed by atoms with E-state index in [-0.39, 0.29) is 0 Å². The molecule has 0 aliphatic rings. The molecular formula is C48H30O. The summed E-state index contributed by atoms with van der Waals surface area (Å²) in [5.41, 5.74) is 11.4. The molecule has 228 valence electrons. The van der Waals surface area contributed by atoms with Crippen molar-refractivity contribution in [1.82, 2.24) is 0 Å². The third kappa shape index (κ3) is 4.26. The lowest BCUT2D eigenvalue weighted by Crippen LogP contribution is -1.95. The van der Waals surface area contributed by atoms with Gasteiger partial charge in [-0.15, -0.1) is 0 Å². The van der Waals surface area contributed by atoms with Crippen molar-refractivity contribution in [3.05, 3.63) is 182 Å². The lowest BCUT2D eigenvalue weighted by molar-refractivity contribution is 0.670. The van der Waals surface area contributed by atoms with Gasteiger partial charge in [0.05, 0.1) is 0 Å². The molecule has 10 aromatic rings.